The number of amides is 2. The maximum Gasteiger partial charge on any atom is 0.433 e. The number of carbonyl (C=O) groups excluding carboxylic acids is 2. The summed E-state index contributed by atoms with van der Waals surface area (Å²) < 4.78 is 46.5. The first-order valence-electron chi connectivity index (χ1n) is 9.99. The van der Waals surface area contributed by atoms with Gasteiger partial charge in [0, 0.05) is 11.6 Å². The second-order valence-electron chi connectivity index (χ2n) is 7.57. The third-order valence-corrected chi connectivity index (χ3v) is 6.33. The number of primary amides is 1. The molecule has 0 saturated carbocycles. The number of hydrogen-bond donors (Lipinski definition) is 2. The van der Waals surface area contributed by atoms with Gasteiger partial charge in [-0.15, -0.1) is 11.3 Å². The first-order chi connectivity index (χ1) is 16.4. The van der Waals surface area contributed by atoms with Crippen molar-refractivity contribution in [3.63, 3.8) is 0 Å². The third-order valence-electron chi connectivity index (χ3n) is 4.92. The Morgan fingerprint density at radius 3 is 2.66 bits per heavy atom. The zero-order valence-corrected chi connectivity index (χ0v) is 19.8. The summed E-state index contributed by atoms with van der Waals surface area (Å²) in [6, 6.07) is 7.55. The van der Waals surface area contributed by atoms with Crippen molar-refractivity contribution < 1.29 is 27.5 Å². The summed E-state index contributed by atoms with van der Waals surface area (Å²) in [4.78, 5) is 28.2. The number of nitrogens with two attached hydrogens (primary N) is 1. The number of rotatable bonds is 6. The summed E-state index contributed by atoms with van der Waals surface area (Å²) in [5, 5.41) is 7.30. The zero-order valence-electron chi connectivity index (χ0n) is 18.2. The number of pyridine rings is 1. The number of fused-ring (bicyclic) bond motifs is 1. The van der Waals surface area contributed by atoms with E-state index in [0.717, 1.165) is 11.6 Å². The molecule has 0 aliphatic heterocycles. The van der Waals surface area contributed by atoms with Crippen LogP contribution in [0, 0.1) is 13.8 Å². The fourth-order valence-electron chi connectivity index (χ4n) is 3.31. The Morgan fingerprint density at radius 2 is 1.97 bits per heavy atom. The number of halogens is 4. The number of benzene rings is 1. The Labute approximate surface area is 205 Å². The molecule has 0 fully saturated rings. The Bertz CT molecular complexity index is 1460. The maximum atomic E-state index is 13.2. The van der Waals surface area contributed by atoms with Crippen molar-refractivity contribution in [3.05, 3.63) is 68.9 Å². The standard InChI is InChI=1S/C22H17ClF3N5O3S/c1-10-3-4-12(23)14(7-10)34-9-31-6-5-13(30-31)20(33)29-17-16-11(2)8-15(22(24,25)26)28-21(16)35-18(17)19(27)32/h3-8H,9H2,1-2H3,(H2,27,32)(H,29,33). The quantitative estimate of drug-likeness (QED) is 0.362. The summed E-state index contributed by atoms with van der Waals surface area (Å²) >= 11 is 6.78. The smallest absolute Gasteiger partial charge is 0.433 e. The van der Waals surface area contributed by atoms with E-state index in [4.69, 9.17) is 22.1 Å². The minimum Gasteiger partial charge on any atom is -0.470 e. The average Bonchev–Trinajstić information content (AvgIpc) is 3.39. The molecule has 1 aromatic carbocycles. The van der Waals surface area contributed by atoms with E-state index in [1.165, 1.54) is 23.9 Å². The lowest BCUT2D eigenvalue weighted by Crippen LogP contribution is -2.18. The number of carbonyl (C=O) groups is 2. The molecule has 182 valence electrons. The van der Waals surface area contributed by atoms with Crippen LogP contribution < -0.4 is 15.8 Å². The summed E-state index contributed by atoms with van der Waals surface area (Å²) in [6.45, 7) is 3.28. The molecule has 4 aromatic rings. The van der Waals surface area contributed by atoms with Crippen LogP contribution in [0.3, 0.4) is 0 Å². The summed E-state index contributed by atoms with van der Waals surface area (Å²) in [7, 11) is 0. The molecule has 4 rings (SSSR count). The highest BCUT2D eigenvalue weighted by Crippen LogP contribution is 2.39. The number of alkyl halides is 3. The average molecular weight is 524 g/mol. The first-order valence-corrected chi connectivity index (χ1v) is 11.2. The number of aryl methyl sites for hydroxylation is 2. The Kier molecular flexibility index (Phi) is 6.43. The summed E-state index contributed by atoms with van der Waals surface area (Å²) in [6.07, 6.45) is -3.17. The predicted octanol–water partition coefficient (Wildman–Crippen LogP) is 5.17. The lowest BCUT2D eigenvalue weighted by atomic mass is 10.1. The highest BCUT2D eigenvalue weighted by atomic mass is 35.5. The minimum atomic E-state index is -4.67. The van der Waals surface area contributed by atoms with Crippen LogP contribution in [-0.2, 0) is 12.9 Å². The molecule has 3 heterocycles. The number of hydrogen-bond acceptors (Lipinski definition) is 6. The van der Waals surface area contributed by atoms with Gasteiger partial charge in [-0.1, -0.05) is 17.7 Å². The van der Waals surface area contributed by atoms with Gasteiger partial charge in [0.2, 0.25) is 0 Å². The van der Waals surface area contributed by atoms with E-state index in [9.17, 15) is 22.8 Å². The van der Waals surface area contributed by atoms with Gasteiger partial charge in [-0.2, -0.15) is 18.3 Å². The number of anilines is 1. The Balaban J connectivity index is 1.59. The van der Waals surface area contributed by atoms with Crippen molar-refractivity contribution in [1.82, 2.24) is 14.8 Å². The van der Waals surface area contributed by atoms with Crippen molar-refractivity contribution in [2.24, 2.45) is 5.73 Å². The molecule has 3 aromatic heterocycles. The van der Waals surface area contributed by atoms with E-state index in [-0.39, 0.29) is 38.8 Å². The van der Waals surface area contributed by atoms with Crippen molar-refractivity contribution in [3.8, 4) is 5.75 Å². The number of nitrogens with zero attached hydrogens (tertiary/aromatic N) is 3. The van der Waals surface area contributed by atoms with Gasteiger partial charge in [0.1, 0.15) is 21.2 Å². The number of nitrogens with one attached hydrogen (secondary N) is 1. The van der Waals surface area contributed by atoms with Gasteiger partial charge in [-0.3, -0.25) is 9.59 Å². The molecule has 0 spiro atoms. The monoisotopic (exact) mass is 523 g/mol. The van der Waals surface area contributed by atoms with Crippen LogP contribution in [0.1, 0.15) is 37.0 Å². The van der Waals surface area contributed by atoms with Gasteiger partial charge in [-0.05, 0) is 49.2 Å². The first kappa shape index (κ1) is 24.5. The molecule has 13 heteroatoms. The molecule has 8 nitrogen and oxygen atoms in total. The second-order valence-corrected chi connectivity index (χ2v) is 8.98. The van der Waals surface area contributed by atoms with E-state index in [0.29, 0.717) is 22.1 Å². The number of thiophene rings is 1. The van der Waals surface area contributed by atoms with Gasteiger partial charge in [0.15, 0.2) is 12.4 Å². The normalized spacial score (nSPS) is 11.6. The molecule has 3 N–H and O–H groups in total. The molecule has 0 bridgehead atoms. The molecular formula is C22H17ClF3N5O3S. The van der Waals surface area contributed by atoms with E-state index in [1.807, 2.05) is 13.0 Å². The lowest BCUT2D eigenvalue weighted by Gasteiger charge is -2.09. The topological polar surface area (TPSA) is 112 Å². The fourth-order valence-corrected chi connectivity index (χ4v) is 4.54. The number of ether oxygens (including phenoxy) is 1. The molecule has 0 aliphatic carbocycles. The largest absolute Gasteiger partial charge is 0.470 e. The maximum absolute atomic E-state index is 13.2. The van der Waals surface area contributed by atoms with Crippen LogP contribution >= 0.6 is 22.9 Å². The Morgan fingerprint density at radius 1 is 1.23 bits per heavy atom. The highest BCUT2D eigenvalue weighted by Gasteiger charge is 2.34. The Hall–Kier alpha value is -3.64. The zero-order chi connectivity index (χ0) is 25.5. The second kappa shape index (κ2) is 9.19. The SMILES string of the molecule is Cc1ccc(Cl)c(OCn2ccc(C(=O)Nc3c(C(N)=O)sc4nc(C(F)(F)F)cc(C)c34)n2)c1. The predicted molar refractivity (Wildman–Crippen MR) is 125 cm³/mol. The molecule has 0 saturated heterocycles. The fraction of sp³-hybridized carbons (Fsp3) is 0.182. The molecule has 0 atom stereocenters. The van der Waals surface area contributed by atoms with E-state index >= 15 is 0 Å². The minimum absolute atomic E-state index is 0.0152. The van der Waals surface area contributed by atoms with Crippen LogP contribution in [0.2, 0.25) is 5.02 Å². The van der Waals surface area contributed by atoms with Gasteiger partial charge < -0.3 is 15.8 Å². The number of aromatic nitrogens is 3. The summed E-state index contributed by atoms with van der Waals surface area (Å²) in [5.41, 5.74) is 5.40. The lowest BCUT2D eigenvalue weighted by molar-refractivity contribution is -0.141. The van der Waals surface area contributed by atoms with Crippen LogP contribution in [-0.4, -0.2) is 26.6 Å². The molecule has 0 radical (unpaired) electrons. The van der Waals surface area contributed by atoms with Crippen molar-refractivity contribution in [2.75, 3.05) is 5.32 Å². The van der Waals surface area contributed by atoms with E-state index in [2.05, 4.69) is 15.4 Å². The molecule has 0 unspecified atom stereocenters. The molecule has 2 amide bonds. The van der Waals surface area contributed by atoms with Crippen LogP contribution in [0.25, 0.3) is 10.2 Å². The van der Waals surface area contributed by atoms with Gasteiger partial charge in [-0.25, -0.2) is 9.67 Å². The van der Waals surface area contributed by atoms with Gasteiger partial charge in [0.25, 0.3) is 11.8 Å². The van der Waals surface area contributed by atoms with Crippen molar-refractivity contribution in [2.45, 2.75) is 26.8 Å². The highest BCUT2D eigenvalue weighted by molar-refractivity contribution is 7.21. The van der Waals surface area contributed by atoms with E-state index < -0.39 is 23.7 Å². The van der Waals surface area contributed by atoms with E-state index in [1.54, 1.807) is 12.1 Å². The van der Waals surface area contributed by atoms with Crippen molar-refractivity contribution >= 4 is 50.7 Å². The summed E-state index contributed by atoms with van der Waals surface area (Å²) in [5.74, 6) is -1.16. The molecule has 35 heavy (non-hydrogen) atoms. The van der Waals surface area contributed by atoms with Crippen LogP contribution in [0.4, 0.5) is 18.9 Å². The van der Waals surface area contributed by atoms with Crippen LogP contribution in [0.15, 0.2) is 36.5 Å². The van der Waals surface area contributed by atoms with Gasteiger partial charge >= 0.3 is 6.18 Å². The molecular weight excluding hydrogens is 507 g/mol. The van der Waals surface area contributed by atoms with Crippen LogP contribution in [0.5, 0.6) is 5.75 Å². The molecule has 0 aliphatic rings. The van der Waals surface area contributed by atoms with Crippen molar-refractivity contribution in [1.29, 1.82) is 0 Å². The van der Waals surface area contributed by atoms with Gasteiger partial charge in [0.05, 0.1) is 10.7 Å². The third kappa shape index (κ3) is 5.08.